The average molecular weight is 357 g/mol. The molecule has 1 spiro atoms. The van der Waals surface area contributed by atoms with Gasteiger partial charge in [0, 0.05) is 38.1 Å². The molecule has 142 valence electrons. The molecule has 1 aromatic rings. The zero-order chi connectivity index (χ0) is 18.1. The van der Waals surface area contributed by atoms with Crippen LogP contribution in [0.2, 0.25) is 0 Å². The summed E-state index contributed by atoms with van der Waals surface area (Å²) in [5.41, 5.74) is 8.97. The fraction of sp³-hybridized carbons (Fsp3) is 0.667. The molecule has 1 aliphatic heterocycles. The van der Waals surface area contributed by atoms with Gasteiger partial charge in [-0.3, -0.25) is 9.69 Å². The second-order valence-electron chi connectivity index (χ2n) is 8.61. The number of nitrogens with zero attached hydrogens (tertiary/aromatic N) is 1. The van der Waals surface area contributed by atoms with Crippen molar-refractivity contribution in [2.45, 2.75) is 57.2 Å². The van der Waals surface area contributed by atoms with Gasteiger partial charge in [0.1, 0.15) is 0 Å². The highest BCUT2D eigenvalue weighted by atomic mass is 16.3. The number of carbonyl (C=O) groups is 1. The van der Waals surface area contributed by atoms with Crippen molar-refractivity contribution < 1.29 is 9.90 Å². The molecule has 1 aromatic carbocycles. The van der Waals surface area contributed by atoms with Gasteiger partial charge in [-0.15, -0.1) is 0 Å². The van der Waals surface area contributed by atoms with Crippen LogP contribution < -0.4 is 11.1 Å². The van der Waals surface area contributed by atoms with E-state index in [1.807, 2.05) is 0 Å². The number of rotatable bonds is 5. The Morgan fingerprint density at radius 2 is 2.04 bits per heavy atom. The molecule has 0 radical (unpaired) electrons. The number of nitrogens with two attached hydrogens (primary N) is 1. The van der Waals surface area contributed by atoms with E-state index in [-0.39, 0.29) is 17.2 Å². The topological polar surface area (TPSA) is 78.6 Å². The van der Waals surface area contributed by atoms with Crippen LogP contribution in [0.5, 0.6) is 0 Å². The van der Waals surface area contributed by atoms with Crippen LogP contribution in [0.4, 0.5) is 0 Å². The normalized spacial score (nSPS) is 32.1. The van der Waals surface area contributed by atoms with E-state index >= 15 is 0 Å². The van der Waals surface area contributed by atoms with Crippen LogP contribution in [-0.4, -0.2) is 47.7 Å². The maximum absolute atomic E-state index is 12.5. The van der Waals surface area contributed by atoms with Gasteiger partial charge in [-0.25, -0.2) is 0 Å². The SMILES string of the molecule is NC1CCC2(CC1)CC2C(=O)NCC(O)CN1CCc2ccccc2C1. The molecular formula is C21H31N3O2. The minimum absolute atomic E-state index is 0.128. The van der Waals surface area contributed by atoms with Crippen molar-refractivity contribution >= 4 is 5.91 Å². The van der Waals surface area contributed by atoms with Gasteiger partial charge in [-0.1, -0.05) is 24.3 Å². The van der Waals surface area contributed by atoms with Crippen molar-refractivity contribution in [1.82, 2.24) is 10.2 Å². The summed E-state index contributed by atoms with van der Waals surface area (Å²) in [7, 11) is 0. The molecule has 0 bridgehead atoms. The fourth-order valence-electron chi connectivity index (χ4n) is 4.90. The first-order valence-electron chi connectivity index (χ1n) is 10.1. The molecule has 0 saturated heterocycles. The van der Waals surface area contributed by atoms with Gasteiger partial charge in [-0.2, -0.15) is 0 Å². The maximum Gasteiger partial charge on any atom is 0.223 e. The van der Waals surface area contributed by atoms with Crippen LogP contribution in [0.3, 0.4) is 0 Å². The maximum atomic E-state index is 12.5. The summed E-state index contributed by atoms with van der Waals surface area (Å²) in [6, 6.07) is 8.83. The van der Waals surface area contributed by atoms with Crippen LogP contribution in [0.25, 0.3) is 0 Å². The van der Waals surface area contributed by atoms with Crippen LogP contribution in [0.15, 0.2) is 24.3 Å². The predicted octanol–water partition coefficient (Wildman–Crippen LogP) is 1.43. The summed E-state index contributed by atoms with van der Waals surface area (Å²) in [5, 5.41) is 13.4. The average Bonchev–Trinajstić information content (AvgIpc) is 3.36. The standard InChI is InChI=1S/C21H31N3O2/c22-17-5-8-21(9-6-17)11-19(21)20(26)23-12-18(25)14-24-10-7-15-3-1-2-4-16(15)13-24/h1-4,17-19,25H,5-14,22H2,(H,23,26). The minimum atomic E-state index is -0.515. The highest BCUT2D eigenvalue weighted by Gasteiger charge is 2.58. The number of carbonyl (C=O) groups excluding carboxylic acids is 1. The largest absolute Gasteiger partial charge is 0.390 e. The first kappa shape index (κ1) is 18.0. The Bertz CT molecular complexity index is 654. The quantitative estimate of drug-likeness (QED) is 0.745. The van der Waals surface area contributed by atoms with Crippen molar-refractivity contribution in [2.24, 2.45) is 17.1 Å². The minimum Gasteiger partial charge on any atom is -0.390 e. The van der Waals surface area contributed by atoms with E-state index in [1.54, 1.807) is 0 Å². The molecule has 4 rings (SSSR count). The molecule has 26 heavy (non-hydrogen) atoms. The van der Waals surface area contributed by atoms with Crippen molar-refractivity contribution in [1.29, 1.82) is 0 Å². The second-order valence-corrected chi connectivity index (χ2v) is 8.61. The molecular weight excluding hydrogens is 326 g/mol. The molecule has 4 N–H and O–H groups in total. The molecule has 2 unspecified atom stereocenters. The number of aliphatic hydroxyl groups is 1. The van der Waals surface area contributed by atoms with Crippen molar-refractivity contribution in [3.63, 3.8) is 0 Å². The van der Waals surface area contributed by atoms with Crippen molar-refractivity contribution in [2.75, 3.05) is 19.6 Å². The van der Waals surface area contributed by atoms with Crippen LogP contribution in [0.1, 0.15) is 43.2 Å². The molecule has 3 aliphatic rings. The zero-order valence-electron chi connectivity index (χ0n) is 15.5. The molecule has 2 fully saturated rings. The van der Waals surface area contributed by atoms with Crippen molar-refractivity contribution in [3.05, 3.63) is 35.4 Å². The van der Waals surface area contributed by atoms with Gasteiger partial charge in [0.25, 0.3) is 0 Å². The van der Waals surface area contributed by atoms with E-state index in [1.165, 1.54) is 11.1 Å². The van der Waals surface area contributed by atoms with Crippen LogP contribution >= 0.6 is 0 Å². The Morgan fingerprint density at radius 3 is 2.81 bits per heavy atom. The molecule has 5 heteroatoms. The Hall–Kier alpha value is -1.43. The van der Waals surface area contributed by atoms with Gasteiger partial charge in [0.15, 0.2) is 0 Å². The van der Waals surface area contributed by atoms with E-state index in [9.17, 15) is 9.90 Å². The van der Waals surface area contributed by atoms with Gasteiger partial charge >= 0.3 is 0 Å². The predicted molar refractivity (Wildman–Crippen MR) is 101 cm³/mol. The summed E-state index contributed by atoms with van der Waals surface area (Å²) in [4.78, 5) is 14.7. The lowest BCUT2D eigenvalue weighted by molar-refractivity contribution is -0.123. The van der Waals surface area contributed by atoms with E-state index in [2.05, 4.69) is 34.5 Å². The molecule has 2 atom stereocenters. The second kappa shape index (κ2) is 7.29. The molecule has 1 amide bonds. The van der Waals surface area contributed by atoms with Crippen LogP contribution in [-0.2, 0) is 17.8 Å². The van der Waals surface area contributed by atoms with Gasteiger partial charge < -0.3 is 16.2 Å². The summed E-state index contributed by atoms with van der Waals surface area (Å²) >= 11 is 0. The third kappa shape index (κ3) is 3.80. The number of hydrogen-bond donors (Lipinski definition) is 3. The number of nitrogens with one attached hydrogen (secondary N) is 1. The zero-order valence-corrected chi connectivity index (χ0v) is 15.5. The van der Waals surface area contributed by atoms with Gasteiger partial charge in [0.2, 0.25) is 5.91 Å². The van der Waals surface area contributed by atoms with E-state index in [4.69, 9.17) is 5.73 Å². The third-order valence-corrected chi connectivity index (χ3v) is 6.72. The first-order valence-corrected chi connectivity index (χ1v) is 10.1. The van der Waals surface area contributed by atoms with E-state index < -0.39 is 6.10 Å². The Kier molecular flexibility index (Phi) is 5.04. The number of fused-ring (bicyclic) bond motifs is 1. The third-order valence-electron chi connectivity index (χ3n) is 6.72. The molecule has 1 heterocycles. The number of β-amino-alcohol motifs (C(OH)–C–C–N with tert-alkyl or cyclic N) is 1. The number of hydrogen-bond acceptors (Lipinski definition) is 4. The smallest absolute Gasteiger partial charge is 0.223 e. The van der Waals surface area contributed by atoms with E-state index in [0.29, 0.717) is 19.1 Å². The summed E-state index contributed by atoms with van der Waals surface area (Å²) in [6.07, 6.45) is 5.78. The van der Waals surface area contributed by atoms with Crippen LogP contribution in [0, 0.1) is 11.3 Å². The molecule has 2 aliphatic carbocycles. The van der Waals surface area contributed by atoms with E-state index in [0.717, 1.165) is 51.6 Å². The first-order chi connectivity index (χ1) is 12.6. The summed E-state index contributed by atoms with van der Waals surface area (Å²) < 4.78 is 0. The van der Waals surface area contributed by atoms with Gasteiger partial charge in [0.05, 0.1) is 6.10 Å². The lowest BCUT2D eigenvalue weighted by Gasteiger charge is -2.30. The number of benzene rings is 1. The monoisotopic (exact) mass is 357 g/mol. The van der Waals surface area contributed by atoms with Gasteiger partial charge in [-0.05, 0) is 55.1 Å². The highest BCUT2D eigenvalue weighted by molar-refractivity contribution is 5.82. The number of aliphatic hydroxyl groups excluding tert-OH is 1. The Labute approximate surface area is 155 Å². The lowest BCUT2D eigenvalue weighted by atomic mass is 9.82. The summed E-state index contributed by atoms with van der Waals surface area (Å²) in [5.74, 6) is 0.271. The fourth-order valence-corrected chi connectivity index (χ4v) is 4.90. The van der Waals surface area contributed by atoms with Crippen molar-refractivity contribution in [3.8, 4) is 0 Å². The Balaban J connectivity index is 1.20. The molecule has 0 aromatic heterocycles. The number of amides is 1. The lowest BCUT2D eigenvalue weighted by Crippen LogP contribution is -2.42. The molecule has 2 saturated carbocycles. The molecule has 5 nitrogen and oxygen atoms in total. The summed E-state index contributed by atoms with van der Waals surface area (Å²) in [6.45, 7) is 2.81. The highest BCUT2D eigenvalue weighted by Crippen LogP contribution is 2.61. The Morgan fingerprint density at radius 1 is 1.31 bits per heavy atom.